The first-order valence-electron chi connectivity index (χ1n) is 4.91. The van der Waals surface area contributed by atoms with E-state index in [0.29, 0.717) is 6.42 Å². The molecule has 0 atom stereocenters. The van der Waals surface area contributed by atoms with E-state index in [4.69, 9.17) is 9.52 Å². The molecule has 0 aliphatic carbocycles. The molecule has 1 aromatic carbocycles. The average Bonchev–Trinajstić information content (AvgIpc) is 2.73. The number of rotatable bonds is 4. The van der Waals surface area contributed by atoms with Gasteiger partial charge in [-0.15, -0.1) is 0 Å². The summed E-state index contributed by atoms with van der Waals surface area (Å²) in [4.78, 5) is 14.3. The zero-order chi connectivity index (χ0) is 11.4. The van der Waals surface area contributed by atoms with Gasteiger partial charge in [-0.25, -0.2) is 4.98 Å². The summed E-state index contributed by atoms with van der Waals surface area (Å²) in [5, 5.41) is 8.62. The van der Waals surface area contributed by atoms with Crippen molar-refractivity contribution in [3.05, 3.63) is 53.7 Å². The number of nitrogens with zero attached hydrogens (tertiary/aromatic N) is 1. The van der Waals surface area contributed by atoms with Crippen LogP contribution in [0.15, 0.2) is 41.3 Å². The molecule has 0 fully saturated rings. The number of aliphatic carboxylic acids is 1. The maximum atomic E-state index is 10.5. The van der Waals surface area contributed by atoms with Crippen LogP contribution in [0.25, 0.3) is 0 Å². The minimum Gasteiger partial charge on any atom is -0.481 e. The number of carboxylic acids is 1. The average molecular weight is 217 g/mol. The lowest BCUT2D eigenvalue weighted by Crippen LogP contribution is -1.99. The Hall–Kier alpha value is -2.10. The molecular formula is C12H11NO3. The van der Waals surface area contributed by atoms with E-state index >= 15 is 0 Å². The summed E-state index contributed by atoms with van der Waals surface area (Å²) in [6, 6.07) is 7.45. The topological polar surface area (TPSA) is 63.3 Å². The van der Waals surface area contributed by atoms with Crippen molar-refractivity contribution in [3.8, 4) is 0 Å². The van der Waals surface area contributed by atoms with Crippen LogP contribution in [0.2, 0.25) is 0 Å². The molecule has 1 heterocycles. The van der Waals surface area contributed by atoms with E-state index < -0.39 is 5.97 Å². The van der Waals surface area contributed by atoms with Crippen molar-refractivity contribution in [2.24, 2.45) is 0 Å². The fraction of sp³-hybridized carbons (Fsp3) is 0.167. The van der Waals surface area contributed by atoms with Crippen LogP contribution in [0.5, 0.6) is 0 Å². The van der Waals surface area contributed by atoms with E-state index in [-0.39, 0.29) is 6.42 Å². The third-order valence-corrected chi connectivity index (χ3v) is 2.24. The van der Waals surface area contributed by atoms with Crippen LogP contribution in [0.4, 0.5) is 0 Å². The van der Waals surface area contributed by atoms with Crippen LogP contribution in [0.1, 0.15) is 16.9 Å². The zero-order valence-electron chi connectivity index (χ0n) is 8.59. The number of oxazole rings is 1. The summed E-state index contributed by atoms with van der Waals surface area (Å²) in [5.41, 5.74) is 1.87. The first-order valence-corrected chi connectivity index (χ1v) is 4.91. The van der Waals surface area contributed by atoms with E-state index in [9.17, 15) is 4.79 Å². The Bertz CT molecular complexity index is 460. The van der Waals surface area contributed by atoms with Gasteiger partial charge in [0, 0.05) is 6.42 Å². The molecule has 0 bridgehead atoms. The van der Waals surface area contributed by atoms with Gasteiger partial charge in [0.2, 0.25) is 0 Å². The van der Waals surface area contributed by atoms with Crippen LogP contribution in [-0.4, -0.2) is 16.1 Å². The van der Waals surface area contributed by atoms with E-state index in [0.717, 1.165) is 16.9 Å². The lowest BCUT2D eigenvalue weighted by molar-refractivity contribution is -0.136. The smallest absolute Gasteiger partial charge is 0.307 e. The molecule has 1 N–H and O–H groups in total. The molecule has 4 heteroatoms. The van der Waals surface area contributed by atoms with Gasteiger partial charge in [-0.3, -0.25) is 4.79 Å². The standard InChI is InChI=1S/C12H11NO3/c14-12(15)6-10-3-1-9(2-4-10)5-11-7-13-8-16-11/h1-4,7-8H,5-6H2,(H,14,15). The molecular weight excluding hydrogens is 206 g/mol. The summed E-state index contributed by atoms with van der Waals surface area (Å²) in [6.45, 7) is 0. The van der Waals surface area contributed by atoms with Gasteiger partial charge < -0.3 is 9.52 Å². The van der Waals surface area contributed by atoms with Crippen molar-refractivity contribution in [2.45, 2.75) is 12.8 Å². The number of carboxylic acid groups (broad SMARTS) is 1. The van der Waals surface area contributed by atoms with Crippen molar-refractivity contribution in [3.63, 3.8) is 0 Å². The second kappa shape index (κ2) is 4.61. The zero-order valence-corrected chi connectivity index (χ0v) is 8.59. The van der Waals surface area contributed by atoms with Gasteiger partial charge >= 0.3 is 5.97 Å². The fourth-order valence-electron chi connectivity index (χ4n) is 1.48. The summed E-state index contributed by atoms with van der Waals surface area (Å²) < 4.78 is 5.13. The highest BCUT2D eigenvalue weighted by Gasteiger charge is 2.02. The predicted octanol–water partition coefficient (Wildman–Crippen LogP) is 1.89. The lowest BCUT2D eigenvalue weighted by Gasteiger charge is -2.00. The Morgan fingerprint density at radius 1 is 1.25 bits per heavy atom. The molecule has 82 valence electrons. The van der Waals surface area contributed by atoms with Crippen molar-refractivity contribution in [2.75, 3.05) is 0 Å². The Morgan fingerprint density at radius 2 is 1.94 bits per heavy atom. The van der Waals surface area contributed by atoms with E-state index in [2.05, 4.69) is 4.98 Å². The van der Waals surface area contributed by atoms with Gasteiger partial charge in [0.1, 0.15) is 5.76 Å². The second-order valence-corrected chi connectivity index (χ2v) is 3.53. The summed E-state index contributed by atoms with van der Waals surface area (Å²) in [5.74, 6) is -0.0195. The highest BCUT2D eigenvalue weighted by Crippen LogP contribution is 2.10. The van der Waals surface area contributed by atoms with Gasteiger partial charge in [0.15, 0.2) is 6.39 Å². The minimum absolute atomic E-state index is 0.0581. The Morgan fingerprint density at radius 3 is 2.50 bits per heavy atom. The molecule has 0 aliphatic rings. The maximum Gasteiger partial charge on any atom is 0.307 e. The maximum absolute atomic E-state index is 10.5. The van der Waals surface area contributed by atoms with Gasteiger partial charge in [-0.05, 0) is 11.1 Å². The number of hydrogen-bond donors (Lipinski definition) is 1. The molecule has 0 amide bonds. The molecule has 0 saturated heterocycles. The highest BCUT2D eigenvalue weighted by atomic mass is 16.4. The largest absolute Gasteiger partial charge is 0.481 e. The van der Waals surface area contributed by atoms with Crippen LogP contribution >= 0.6 is 0 Å². The summed E-state index contributed by atoms with van der Waals surface area (Å²) in [6.07, 6.45) is 3.80. The van der Waals surface area contributed by atoms with Crippen molar-refractivity contribution < 1.29 is 14.3 Å². The monoisotopic (exact) mass is 217 g/mol. The Balaban J connectivity index is 2.05. The molecule has 4 nitrogen and oxygen atoms in total. The van der Waals surface area contributed by atoms with Crippen molar-refractivity contribution >= 4 is 5.97 Å². The molecule has 2 aromatic rings. The number of benzene rings is 1. The van der Waals surface area contributed by atoms with Crippen molar-refractivity contribution in [1.82, 2.24) is 4.98 Å². The molecule has 0 unspecified atom stereocenters. The first-order chi connectivity index (χ1) is 7.74. The third-order valence-electron chi connectivity index (χ3n) is 2.24. The molecule has 0 spiro atoms. The van der Waals surface area contributed by atoms with E-state index in [1.807, 2.05) is 24.3 Å². The molecule has 0 saturated carbocycles. The van der Waals surface area contributed by atoms with Crippen LogP contribution in [0.3, 0.4) is 0 Å². The number of carbonyl (C=O) groups is 1. The SMILES string of the molecule is O=C(O)Cc1ccc(Cc2cnco2)cc1. The lowest BCUT2D eigenvalue weighted by atomic mass is 10.1. The van der Waals surface area contributed by atoms with Crippen LogP contribution in [-0.2, 0) is 17.6 Å². The Kier molecular flexibility index (Phi) is 3.00. The van der Waals surface area contributed by atoms with E-state index in [1.165, 1.54) is 6.39 Å². The molecule has 0 radical (unpaired) electrons. The number of aromatic nitrogens is 1. The normalized spacial score (nSPS) is 10.2. The molecule has 16 heavy (non-hydrogen) atoms. The first kappa shape index (κ1) is 10.4. The second-order valence-electron chi connectivity index (χ2n) is 3.53. The van der Waals surface area contributed by atoms with Gasteiger partial charge in [0.05, 0.1) is 12.6 Å². The summed E-state index contributed by atoms with van der Waals surface area (Å²) in [7, 11) is 0. The van der Waals surface area contributed by atoms with Gasteiger partial charge in [0.25, 0.3) is 0 Å². The molecule has 1 aromatic heterocycles. The van der Waals surface area contributed by atoms with Crippen LogP contribution < -0.4 is 0 Å². The third kappa shape index (κ3) is 2.70. The predicted molar refractivity (Wildman–Crippen MR) is 57.1 cm³/mol. The molecule has 0 aliphatic heterocycles. The van der Waals surface area contributed by atoms with Crippen molar-refractivity contribution in [1.29, 1.82) is 0 Å². The summed E-state index contributed by atoms with van der Waals surface area (Å²) >= 11 is 0. The Labute approximate surface area is 92.6 Å². The number of hydrogen-bond acceptors (Lipinski definition) is 3. The van der Waals surface area contributed by atoms with E-state index in [1.54, 1.807) is 6.20 Å². The minimum atomic E-state index is -0.817. The van der Waals surface area contributed by atoms with Crippen LogP contribution in [0, 0.1) is 0 Å². The molecule has 2 rings (SSSR count). The quantitative estimate of drug-likeness (QED) is 0.849. The van der Waals surface area contributed by atoms with Gasteiger partial charge in [-0.1, -0.05) is 24.3 Å². The highest BCUT2D eigenvalue weighted by molar-refractivity contribution is 5.70. The fourth-order valence-corrected chi connectivity index (χ4v) is 1.48. The van der Waals surface area contributed by atoms with Gasteiger partial charge in [-0.2, -0.15) is 0 Å².